The second-order valence-corrected chi connectivity index (χ2v) is 5.59. The number of hydrogen-bond donors (Lipinski definition) is 1. The molecule has 108 valence electrons. The fourth-order valence-electron chi connectivity index (χ4n) is 2.61. The molecule has 0 unspecified atom stereocenters. The third-order valence-electron chi connectivity index (χ3n) is 3.97. The summed E-state index contributed by atoms with van der Waals surface area (Å²) in [7, 11) is 0. The molecule has 2 heterocycles. The van der Waals surface area contributed by atoms with Crippen molar-refractivity contribution < 1.29 is 0 Å². The van der Waals surface area contributed by atoms with Crippen LogP contribution in [0.2, 0.25) is 0 Å². The van der Waals surface area contributed by atoms with Crippen LogP contribution >= 0.6 is 0 Å². The number of hydrogen-bond acceptors (Lipinski definition) is 4. The van der Waals surface area contributed by atoms with Crippen molar-refractivity contribution in [2.24, 2.45) is 0 Å². The summed E-state index contributed by atoms with van der Waals surface area (Å²) in [6, 6.07) is 6.56. The Hall–Kier alpha value is -1.60. The van der Waals surface area contributed by atoms with Crippen molar-refractivity contribution in [3.63, 3.8) is 0 Å². The number of anilines is 1. The van der Waals surface area contributed by atoms with Gasteiger partial charge in [-0.2, -0.15) is 5.26 Å². The Balaban J connectivity index is 1.85. The van der Waals surface area contributed by atoms with Crippen LogP contribution in [0.15, 0.2) is 12.1 Å². The molecule has 1 fully saturated rings. The predicted octanol–water partition coefficient (Wildman–Crippen LogP) is 2.94. The second-order valence-electron chi connectivity index (χ2n) is 5.59. The standard InChI is InChI=1S/C16H24N4/c1-3-4-9-20-10-7-14(8-11-20)18-16-6-5-13(2)15(12-17)19-16/h5-6,14H,3-4,7-11H2,1-2H3,(H,18,19). The average molecular weight is 272 g/mol. The number of pyridine rings is 1. The molecule has 0 bridgehead atoms. The number of nitriles is 1. The van der Waals surface area contributed by atoms with E-state index >= 15 is 0 Å². The van der Waals surface area contributed by atoms with Crippen LogP contribution in [-0.4, -0.2) is 35.6 Å². The molecular weight excluding hydrogens is 248 g/mol. The molecule has 1 aromatic heterocycles. The van der Waals surface area contributed by atoms with Gasteiger partial charge in [-0.15, -0.1) is 0 Å². The Bertz CT molecular complexity index is 470. The van der Waals surface area contributed by atoms with Crippen molar-refractivity contribution >= 4 is 5.82 Å². The van der Waals surface area contributed by atoms with Gasteiger partial charge in [-0.1, -0.05) is 19.4 Å². The molecule has 0 spiro atoms. The van der Waals surface area contributed by atoms with Gasteiger partial charge in [-0.05, 0) is 44.4 Å². The molecule has 4 nitrogen and oxygen atoms in total. The maximum absolute atomic E-state index is 9.02. The molecule has 0 amide bonds. The fourth-order valence-corrected chi connectivity index (χ4v) is 2.61. The number of nitrogens with zero attached hydrogens (tertiary/aromatic N) is 3. The Labute approximate surface area is 121 Å². The number of nitrogens with one attached hydrogen (secondary N) is 1. The topological polar surface area (TPSA) is 52.0 Å². The molecule has 0 aromatic carbocycles. The Morgan fingerprint density at radius 1 is 1.40 bits per heavy atom. The smallest absolute Gasteiger partial charge is 0.145 e. The molecule has 0 aliphatic carbocycles. The lowest BCUT2D eigenvalue weighted by molar-refractivity contribution is 0.216. The van der Waals surface area contributed by atoms with Gasteiger partial charge in [0.05, 0.1) is 0 Å². The van der Waals surface area contributed by atoms with E-state index in [-0.39, 0.29) is 0 Å². The van der Waals surface area contributed by atoms with Crippen molar-refractivity contribution in [3.05, 3.63) is 23.4 Å². The largest absolute Gasteiger partial charge is 0.367 e. The highest BCUT2D eigenvalue weighted by molar-refractivity contribution is 5.43. The first-order valence-electron chi connectivity index (χ1n) is 7.59. The lowest BCUT2D eigenvalue weighted by Gasteiger charge is -2.32. The van der Waals surface area contributed by atoms with E-state index in [1.54, 1.807) is 0 Å². The summed E-state index contributed by atoms with van der Waals surface area (Å²) in [5.41, 5.74) is 1.46. The van der Waals surface area contributed by atoms with Crippen LogP contribution in [0.3, 0.4) is 0 Å². The Kier molecular flexibility index (Phi) is 5.37. The highest BCUT2D eigenvalue weighted by atomic mass is 15.1. The van der Waals surface area contributed by atoms with E-state index in [4.69, 9.17) is 5.26 Å². The van der Waals surface area contributed by atoms with Gasteiger partial charge in [-0.25, -0.2) is 4.98 Å². The van der Waals surface area contributed by atoms with Gasteiger partial charge in [0.25, 0.3) is 0 Å². The average Bonchev–Trinajstić information content (AvgIpc) is 2.48. The fraction of sp³-hybridized carbons (Fsp3) is 0.625. The number of unbranched alkanes of at least 4 members (excludes halogenated alkanes) is 1. The summed E-state index contributed by atoms with van der Waals surface area (Å²) in [5.74, 6) is 0.833. The zero-order valence-corrected chi connectivity index (χ0v) is 12.5. The number of aryl methyl sites for hydroxylation is 1. The van der Waals surface area contributed by atoms with E-state index in [1.165, 1.54) is 19.4 Å². The van der Waals surface area contributed by atoms with Crippen molar-refractivity contribution in [2.75, 3.05) is 25.0 Å². The zero-order valence-electron chi connectivity index (χ0n) is 12.5. The quantitative estimate of drug-likeness (QED) is 0.895. The van der Waals surface area contributed by atoms with Gasteiger partial charge < -0.3 is 10.2 Å². The van der Waals surface area contributed by atoms with Crippen LogP contribution < -0.4 is 5.32 Å². The van der Waals surface area contributed by atoms with E-state index in [9.17, 15) is 0 Å². The molecule has 1 N–H and O–H groups in total. The first-order chi connectivity index (χ1) is 9.72. The van der Waals surface area contributed by atoms with Gasteiger partial charge in [0.15, 0.2) is 0 Å². The van der Waals surface area contributed by atoms with E-state index in [0.29, 0.717) is 11.7 Å². The molecule has 0 saturated carbocycles. The van der Waals surface area contributed by atoms with Crippen LogP contribution in [0.1, 0.15) is 43.9 Å². The van der Waals surface area contributed by atoms with E-state index in [0.717, 1.165) is 37.3 Å². The summed E-state index contributed by atoms with van der Waals surface area (Å²) < 4.78 is 0. The normalized spacial score (nSPS) is 16.9. The van der Waals surface area contributed by atoms with E-state index in [2.05, 4.69) is 28.2 Å². The minimum Gasteiger partial charge on any atom is -0.367 e. The summed E-state index contributed by atoms with van der Waals surface area (Å²) >= 11 is 0. The van der Waals surface area contributed by atoms with Gasteiger partial charge in [-0.3, -0.25) is 0 Å². The highest BCUT2D eigenvalue weighted by Gasteiger charge is 2.18. The van der Waals surface area contributed by atoms with Crippen molar-refractivity contribution in [1.82, 2.24) is 9.88 Å². The maximum Gasteiger partial charge on any atom is 0.145 e. The molecule has 20 heavy (non-hydrogen) atoms. The lowest BCUT2D eigenvalue weighted by atomic mass is 10.0. The zero-order chi connectivity index (χ0) is 14.4. The van der Waals surface area contributed by atoms with Crippen molar-refractivity contribution in [3.8, 4) is 6.07 Å². The maximum atomic E-state index is 9.02. The van der Waals surface area contributed by atoms with Crippen molar-refractivity contribution in [2.45, 2.75) is 45.6 Å². The molecular formula is C16H24N4. The number of likely N-dealkylation sites (tertiary alicyclic amines) is 1. The predicted molar refractivity (Wildman–Crippen MR) is 81.7 cm³/mol. The molecule has 4 heteroatoms. The van der Waals surface area contributed by atoms with Crippen LogP contribution in [0, 0.1) is 18.3 Å². The summed E-state index contributed by atoms with van der Waals surface area (Å²) in [5, 5.41) is 12.5. The molecule has 1 saturated heterocycles. The highest BCUT2D eigenvalue weighted by Crippen LogP contribution is 2.17. The SMILES string of the molecule is CCCCN1CCC(Nc2ccc(C)c(C#N)n2)CC1. The van der Waals surface area contributed by atoms with Gasteiger partial charge in [0.2, 0.25) is 0 Å². The van der Waals surface area contributed by atoms with Crippen LogP contribution in [0.25, 0.3) is 0 Å². The van der Waals surface area contributed by atoms with Gasteiger partial charge >= 0.3 is 0 Å². The minimum absolute atomic E-state index is 0.481. The molecule has 2 rings (SSSR count). The van der Waals surface area contributed by atoms with Crippen LogP contribution in [-0.2, 0) is 0 Å². The minimum atomic E-state index is 0.481. The third-order valence-corrected chi connectivity index (χ3v) is 3.97. The monoisotopic (exact) mass is 272 g/mol. The molecule has 1 aromatic rings. The number of rotatable bonds is 5. The molecule has 1 aliphatic rings. The molecule has 0 radical (unpaired) electrons. The van der Waals surface area contributed by atoms with Gasteiger partial charge in [0.1, 0.15) is 17.6 Å². The molecule has 1 aliphatic heterocycles. The number of piperidine rings is 1. The van der Waals surface area contributed by atoms with Crippen LogP contribution in [0.4, 0.5) is 5.82 Å². The van der Waals surface area contributed by atoms with E-state index in [1.807, 2.05) is 19.1 Å². The van der Waals surface area contributed by atoms with Crippen molar-refractivity contribution in [1.29, 1.82) is 5.26 Å². The summed E-state index contributed by atoms with van der Waals surface area (Å²) in [6.45, 7) is 7.71. The number of aromatic nitrogens is 1. The van der Waals surface area contributed by atoms with Crippen LogP contribution in [0.5, 0.6) is 0 Å². The molecule has 0 atom stereocenters. The Morgan fingerprint density at radius 2 is 2.15 bits per heavy atom. The third kappa shape index (κ3) is 3.94. The summed E-state index contributed by atoms with van der Waals surface area (Å²) in [6.07, 6.45) is 4.87. The first kappa shape index (κ1) is 14.8. The second kappa shape index (κ2) is 7.25. The summed E-state index contributed by atoms with van der Waals surface area (Å²) in [4.78, 5) is 6.91. The van der Waals surface area contributed by atoms with Gasteiger partial charge in [0, 0.05) is 19.1 Å². The lowest BCUT2D eigenvalue weighted by Crippen LogP contribution is -2.39. The first-order valence-corrected chi connectivity index (χ1v) is 7.59. The Morgan fingerprint density at radius 3 is 2.80 bits per heavy atom. The van der Waals surface area contributed by atoms with E-state index < -0.39 is 0 Å².